The van der Waals surface area contributed by atoms with Crippen LogP contribution >= 0.6 is 0 Å². The molecule has 2 aromatic rings. The number of pyridine rings is 1. The van der Waals surface area contributed by atoms with Crippen molar-refractivity contribution in [2.75, 3.05) is 26.2 Å². The summed E-state index contributed by atoms with van der Waals surface area (Å²) in [5.74, 6) is 0.0542. The Balaban J connectivity index is 1.58. The molecule has 4 rings (SSSR count). The Morgan fingerprint density at radius 3 is 2.92 bits per heavy atom. The van der Waals surface area contributed by atoms with E-state index in [1.54, 1.807) is 10.6 Å². The summed E-state index contributed by atoms with van der Waals surface area (Å²) in [6.07, 6.45) is 3.44. The van der Waals surface area contributed by atoms with Crippen LogP contribution in [0.3, 0.4) is 0 Å². The Hall–Kier alpha value is -2.14. The Kier molecular flexibility index (Phi) is 4.12. The number of aryl methyl sites for hydroxylation is 1. The number of hydrogen-bond donors (Lipinski definition) is 1. The molecule has 2 fully saturated rings. The van der Waals surface area contributed by atoms with Crippen molar-refractivity contribution in [1.29, 1.82) is 0 Å². The molecule has 1 N–H and O–H groups in total. The third-order valence-electron chi connectivity index (χ3n) is 5.87. The van der Waals surface area contributed by atoms with Crippen LogP contribution in [0.5, 0.6) is 0 Å². The molecule has 132 valence electrons. The van der Waals surface area contributed by atoms with Gasteiger partial charge in [-0.15, -0.1) is 0 Å². The predicted molar refractivity (Wildman–Crippen MR) is 98.7 cm³/mol. The number of likely N-dealkylation sites (tertiary alicyclic amines) is 1. The molecule has 1 atom stereocenters. The van der Waals surface area contributed by atoms with Gasteiger partial charge in [-0.1, -0.05) is 18.2 Å². The number of para-hydroxylation sites is 1. The number of nitrogens with one attached hydrogen (secondary N) is 1. The van der Waals surface area contributed by atoms with Gasteiger partial charge in [0.05, 0.1) is 5.52 Å². The molecular weight excluding hydrogens is 314 g/mol. The number of amides is 1. The lowest BCUT2D eigenvalue weighted by molar-refractivity contribution is -0.131. The summed E-state index contributed by atoms with van der Waals surface area (Å²) < 4.78 is 1.62. The zero-order chi connectivity index (χ0) is 17.4. The Labute approximate surface area is 147 Å². The molecule has 0 aliphatic carbocycles. The molecule has 25 heavy (non-hydrogen) atoms. The number of nitrogens with zero attached hydrogens (tertiary/aromatic N) is 2. The number of carbonyl (C=O) groups excluding carboxylic acids is 1. The molecule has 5 heteroatoms. The van der Waals surface area contributed by atoms with E-state index in [9.17, 15) is 9.59 Å². The summed E-state index contributed by atoms with van der Waals surface area (Å²) in [4.78, 5) is 27.3. The monoisotopic (exact) mass is 339 g/mol. The van der Waals surface area contributed by atoms with Crippen LogP contribution < -0.4 is 10.9 Å². The molecule has 3 heterocycles. The number of aromatic nitrogens is 1. The minimum Gasteiger partial charge on any atom is -0.341 e. The van der Waals surface area contributed by atoms with Crippen molar-refractivity contribution in [2.24, 2.45) is 5.41 Å². The van der Waals surface area contributed by atoms with Gasteiger partial charge >= 0.3 is 0 Å². The first-order valence-corrected chi connectivity index (χ1v) is 9.16. The molecule has 2 aliphatic heterocycles. The summed E-state index contributed by atoms with van der Waals surface area (Å²) in [6.45, 7) is 5.78. The molecule has 0 saturated carbocycles. The van der Waals surface area contributed by atoms with Crippen molar-refractivity contribution in [3.8, 4) is 0 Å². The van der Waals surface area contributed by atoms with Crippen LogP contribution in [0, 0.1) is 12.3 Å². The maximum atomic E-state index is 12.9. The highest BCUT2D eigenvalue weighted by molar-refractivity contribution is 5.84. The van der Waals surface area contributed by atoms with Gasteiger partial charge in [-0.25, -0.2) is 0 Å². The minimum absolute atomic E-state index is 0.0542. The fourth-order valence-corrected chi connectivity index (χ4v) is 4.43. The van der Waals surface area contributed by atoms with Gasteiger partial charge in [-0.2, -0.15) is 0 Å². The fourth-order valence-electron chi connectivity index (χ4n) is 4.43. The van der Waals surface area contributed by atoms with Gasteiger partial charge in [-0.05, 0) is 44.4 Å². The van der Waals surface area contributed by atoms with Gasteiger partial charge < -0.3 is 10.2 Å². The number of piperidine rings is 1. The van der Waals surface area contributed by atoms with Gasteiger partial charge in [0.25, 0.3) is 5.56 Å². The number of hydrogen-bond acceptors (Lipinski definition) is 3. The average molecular weight is 339 g/mol. The fraction of sp³-hybridized carbons (Fsp3) is 0.500. The van der Waals surface area contributed by atoms with Crippen LogP contribution in [0.15, 0.2) is 35.1 Å². The third kappa shape index (κ3) is 2.97. The first-order valence-electron chi connectivity index (χ1n) is 9.16. The Morgan fingerprint density at radius 2 is 2.12 bits per heavy atom. The molecule has 1 aromatic carbocycles. The van der Waals surface area contributed by atoms with E-state index in [1.807, 2.05) is 36.1 Å². The van der Waals surface area contributed by atoms with E-state index in [-0.39, 0.29) is 23.4 Å². The molecule has 0 radical (unpaired) electrons. The Morgan fingerprint density at radius 1 is 1.28 bits per heavy atom. The summed E-state index contributed by atoms with van der Waals surface area (Å²) >= 11 is 0. The second kappa shape index (κ2) is 6.30. The van der Waals surface area contributed by atoms with Gasteiger partial charge in [0.2, 0.25) is 5.91 Å². The van der Waals surface area contributed by atoms with Crippen LogP contribution in [-0.4, -0.2) is 41.6 Å². The van der Waals surface area contributed by atoms with E-state index in [1.165, 1.54) is 12.8 Å². The lowest BCUT2D eigenvalue weighted by atomic mass is 9.80. The van der Waals surface area contributed by atoms with Crippen molar-refractivity contribution in [3.05, 3.63) is 46.2 Å². The van der Waals surface area contributed by atoms with Gasteiger partial charge in [-0.3, -0.25) is 14.2 Å². The van der Waals surface area contributed by atoms with Crippen molar-refractivity contribution in [1.82, 2.24) is 14.8 Å². The normalized spacial score (nSPS) is 23.5. The van der Waals surface area contributed by atoms with E-state index in [4.69, 9.17) is 0 Å². The molecule has 5 nitrogen and oxygen atoms in total. The second-order valence-corrected chi connectivity index (χ2v) is 7.61. The molecule has 1 spiro atoms. The summed E-state index contributed by atoms with van der Waals surface area (Å²) in [7, 11) is 0. The molecular formula is C20H25N3O2. The molecule has 1 aromatic heterocycles. The zero-order valence-corrected chi connectivity index (χ0v) is 14.8. The highest BCUT2D eigenvalue weighted by Gasteiger charge is 2.40. The van der Waals surface area contributed by atoms with Crippen LogP contribution in [0.2, 0.25) is 0 Å². The topological polar surface area (TPSA) is 54.3 Å². The second-order valence-electron chi connectivity index (χ2n) is 7.61. The number of carbonyl (C=O) groups is 1. The Bertz CT molecular complexity index is 865. The van der Waals surface area contributed by atoms with E-state index in [0.717, 1.165) is 49.1 Å². The number of rotatable bonds is 2. The summed E-state index contributed by atoms with van der Waals surface area (Å²) in [5, 5.41) is 4.50. The molecule has 0 bridgehead atoms. The van der Waals surface area contributed by atoms with Crippen LogP contribution in [0.25, 0.3) is 10.9 Å². The van der Waals surface area contributed by atoms with Crippen molar-refractivity contribution < 1.29 is 4.79 Å². The third-order valence-corrected chi connectivity index (χ3v) is 5.87. The molecule has 0 unspecified atom stereocenters. The van der Waals surface area contributed by atoms with E-state index >= 15 is 0 Å². The maximum Gasteiger partial charge on any atom is 0.251 e. The quantitative estimate of drug-likeness (QED) is 0.909. The molecule has 1 amide bonds. The van der Waals surface area contributed by atoms with Crippen LogP contribution in [-0.2, 0) is 11.3 Å². The predicted octanol–water partition coefficient (Wildman–Crippen LogP) is 1.91. The molecule has 2 aliphatic rings. The van der Waals surface area contributed by atoms with Gasteiger partial charge in [0, 0.05) is 36.5 Å². The highest BCUT2D eigenvalue weighted by Crippen LogP contribution is 2.36. The maximum absolute atomic E-state index is 12.9. The van der Waals surface area contributed by atoms with Crippen molar-refractivity contribution >= 4 is 16.8 Å². The summed E-state index contributed by atoms with van der Waals surface area (Å²) in [5.41, 5.74) is 1.94. The largest absolute Gasteiger partial charge is 0.341 e. The average Bonchev–Trinajstić information content (AvgIpc) is 3.02. The first kappa shape index (κ1) is 16.3. The lowest BCUT2D eigenvalue weighted by Crippen LogP contribution is -2.43. The number of benzene rings is 1. The van der Waals surface area contributed by atoms with Gasteiger partial charge in [0.15, 0.2) is 0 Å². The summed E-state index contributed by atoms with van der Waals surface area (Å²) in [6, 6.07) is 9.44. The van der Waals surface area contributed by atoms with E-state index in [2.05, 4.69) is 5.32 Å². The standard InChI is InChI=1S/C20H25N3O2/c1-15-11-18(24)23(17-6-3-2-5-16(15)17)12-19(25)22-10-8-20(14-22)7-4-9-21-13-20/h2-3,5-6,11,21H,4,7-10,12-14H2,1H3/t20-/m1/s1. The first-order chi connectivity index (χ1) is 12.1. The highest BCUT2D eigenvalue weighted by atomic mass is 16.2. The lowest BCUT2D eigenvalue weighted by Gasteiger charge is -2.33. The van der Waals surface area contributed by atoms with Crippen LogP contribution in [0.1, 0.15) is 24.8 Å². The van der Waals surface area contributed by atoms with Gasteiger partial charge in [0.1, 0.15) is 6.54 Å². The number of fused-ring (bicyclic) bond motifs is 1. The smallest absolute Gasteiger partial charge is 0.251 e. The van der Waals surface area contributed by atoms with E-state index in [0.29, 0.717) is 0 Å². The van der Waals surface area contributed by atoms with E-state index < -0.39 is 0 Å². The minimum atomic E-state index is -0.0993. The molecule has 2 saturated heterocycles. The van der Waals surface area contributed by atoms with Crippen LogP contribution in [0.4, 0.5) is 0 Å². The SMILES string of the molecule is Cc1cc(=O)n(CC(=O)N2CC[C@@]3(CCCNC3)C2)c2ccccc12. The zero-order valence-electron chi connectivity index (χ0n) is 14.8. The van der Waals surface area contributed by atoms with Crippen molar-refractivity contribution in [2.45, 2.75) is 32.7 Å². The van der Waals surface area contributed by atoms with Crippen molar-refractivity contribution in [3.63, 3.8) is 0 Å².